The second-order valence-corrected chi connectivity index (χ2v) is 5.02. The van der Waals surface area contributed by atoms with Crippen LogP contribution in [0.15, 0.2) is 48.5 Å². The van der Waals surface area contributed by atoms with Crippen LogP contribution in [0.25, 0.3) is 0 Å². The van der Waals surface area contributed by atoms with Crippen molar-refractivity contribution in [3.8, 4) is 11.5 Å². The van der Waals surface area contributed by atoms with Crippen molar-refractivity contribution in [1.82, 2.24) is 0 Å². The van der Waals surface area contributed by atoms with Gasteiger partial charge in [-0.25, -0.2) is 0 Å². The monoisotopic (exact) mass is 299 g/mol. The lowest BCUT2D eigenvalue weighted by Crippen LogP contribution is -2.32. The molecule has 4 heteroatoms. The van der Waals surface area contributed by atoms with Crippen molar-refractivity contribution in [3.05, 3.63) is 54.1 Å². The molecule has 0 unspecified atom stereocenters. The fraction of sp³-hybridized carbons (Fsp3) is 0.278. The van der Waals surface area contributed by atoms with Gasteiger partial charge < -0.3 is 14.8 Å². The average Bonchev–Trinajstić information content (AvgIpc) is 2.53. The zero-order chi connectivity index (χ0) is 15.9. The topological polar surface area (TPSA) is 47.6 Å². The van der Waals surface area contributed by atoms with Crippen LogP contribution < -0.4 is 14.8 Å². The second-order valence-electron chi connectivity index (χ2n) is 5.02. The minimum atomic E-state index is -0.549. The van der Waals surface area contributed by atoms with Crippen LogP contribution in [0.4, 0.5) is 5.69 Å². The second kappa shape index (κ2) is 7.50. The lowest BCUT2D eigenvalue weighted by atomic mass is 10.2. The van der Waals surface area contributed by atoms with Crippen LogP contribution in [-0.2, 0) is 4.79 Å². The van der Waals surface area contributed by atoms with Gasteiger partial charge in [0.15, 0.2) is 6.10 Å². The van der Waals surface area contributed by atoms with E-state index in [-0.39, 0.29) is 5.91 Å². The Kier molecular flexibility index (Phi) is 5.42. The Morgan fingerprint density at radius 3 is 2.55 bits per heavy atom. The van der Waals surface area contributed by atoms with Crippen LogP contribution in [-0.4, -0.2) is 19.1 Å². The van der Waals surface area contributed by atoms with Crippen LogP contribution in [0.5, 0.6) is 11.5 Å². The zero-order valence-electron chi connectivity index (χ0n) is 13.1. The van der Waals surface area contributed by atoms with E-state index < -0.39 is 6.10 Å². The molecule has 1 atom stereocenters. The molecular weight excluding hydrogens is 278 g/mol. The first-order valence-corrected chi connectivity index (χ1v) is 7.31. The number of amides is 1. The summed E-state index contributed by atoms with van der Waals surface area (Å²) in [7, 11) is 1.58. The molecule has 0 bridgehead atoms. The van der Waals surface area contributed by atoms with Gasteiger partial charge in [-0.05, 0) is 43.2 Å². The van der Waals surface area contributed by atoms with Gasteiger partial charge in [-0.3, -0.25) is 4.79 Å². The number of aryl methyl sites for hydroxylation is 1. The molecule has 22 heavy (non-hydrogen) atoms. The van der Waals surface area contributed by atoms with Gasteiger partial charge in [0.1, 0.15) is 11.5 Å². The number of benzene rings is 2. The Bertz CT molecular complexity index is 625. The first-order chi connectivity index (χ1) is 10.6. The van der Waals surface area contributed by atoms with Gasteiger partial charge in [0.05, 0.1) is 12.8 Å². The number of anilines is 1. The molecule has 1 amide bonds. The van der Waals surface area contributed by atoms with E-state index in [1.165, 1.54) is 0 Å². The van der Waals surface area contributed by atoms with Gasteiger partial charge >= 0.3 is 0 Å². The molecule has 1 N–H and O–H groups in total. The van der Waals surface area contributed by atoms with E-state index in [4.69, 9.17) is 9.47 Å². The summed E-state index contributed by atoms with van der Waals surface area (Å²) in [6.07, 6.45) is 0.0297. The highest BCUT2D eigenvalue weighted by molar-refractivity contribution is 5.95. The summed E-state index contributed by atoms with van der Waals surface area (Å²) in [6, 6.07) is 15.0. The summed E-state index contributed by atoms with van der Waals surface area (Å²) in [5.74, 6) is 1.13. The average molecular weight is 299 g/mol. The molecule has 0 aromatic heterocycles. The highest BCUT2D eigenvalue weighted by atomic mass is 16.5. The predicted molar refractivity (Wildman–Crippen MR) is 87.5 cm³/mol. The van der Waals surface area contributed by atoms with Crippen LogP contribution in [0.2, 0.25) is 0 Å². The van der Waals surface area contributed by atoms with Crippen LogP contribution in [0, 0.1) is 6.92 Å². The lowest BCUT2D eigenvalue weighted by Gasteiger charge is -2.18. The number of rotatable bonds is 6. The summed E-state index contributed by atoms with van der Waals surface area (Å²) < 4.78 is 11.0. The van der Waals surface area contributed by atoms with Gasteiger partial charge in [0, 0.05) is 0 Å². The maximum atomic E-state index is 12.4. The molecule has 0 aliphatic rings. The molecule has 2 aromatic carbocycles. The number of nitrogens with one attached hydrogen (secondary N) is 1. The number of hydrogen-bond acceptors (Lipinski definition) is 3. The van der Waals surface area contributed by atoms with E-state index >= 15 is 0 Å². The molecule has 0 aliphatic carbocycles. The molecule has 2 aromatic rings. The van der Waals surface area contributed by atoms with Crippen molar-refractivity contribution in [3.63, 3.8) is 0 Å². The van der Waals surface area contributed by atoms with E-state index in [1.54, 1.807) is 7.11 Å². The number of carbonyl (C=O) groups excluding carboxylic acids is 1. The highest BCUT2D eigenvalue weighted by Gasteiger charge is 2.19. The number of methoxy groups -OCH3 is 1. The molecule has 0 fully saturated rings. The number of para-hydroxylation sites is 1. The number of carbonyl (C=O) groups is 1. The maximum absolute atomic E-state index is 12.4. The van der Waals surface area contributed by atoms with Crippen LogP contribution >= 0.6 is 0 Å². The Labute approximate surface area is 131 Å². The Morgan fingerprint density at radius 1 is 1.18 bits per heavy atom. The summed E-state index contributed by atoms with van der Waals surface area (Å²) >= 11 is 0. The lowest BCUT2D eigenvalue weighted by molar-refractivity contribution is -0.122. The summed E-state index contributed by atoms with van der Waals surface area (Å²) in [5, 5.41) is 2.88. The number of hydrogen-bond donors (Lipinski definition) is 1. The van der Waals surface area contributed by atoms with Crippen molar-refractivity contribution < 1.29 is 14.3 Å². The SMILES string of the molecule is CC[C@@H](Oc1ccccc1)C(=O)Nc1cc(C)ccc1OC. The van der Waals surface area contributed by atoms with Crippen molar-refractivity contribution in [2.45, 2.75) is 26.4 Å². The molecular formula is C18H21NO3. The fourth-order valence-electron chi connectivity index (χ4n) is 2.12. The zero-order valence-corrected chi connectivity index (χ0v) is 13.1. The molecule has 0 heterocycles. The standard InChI is InChI=1S/C18H21NO3/c1-4-16(22-14-8-6-5-7-9-14)18(20)19-15-12-13(2)10-11-17(15)21-3/h5-12,16H,4H2,1-3H3,(H,19,20)/t16-/m1/s1. The number of ether oxygens (including phenoxy) is 2. The van der Waals surface area contributed by atoms with Crippen molar-refractivity contribution >= 4 is 11.6 Å². The maximum Gasteiger partial charge on any atom is 0.265 e. The molecule has 116 valence electrons. The molecule has 0 spiro atoms. The quantitative estimate of drug-likeness (QED) is 0.882. The summed E-state index contributed by atoms with van der Waals surface area (Å²) in [6.45, 7) is 3.88. The summed E-state index contributed by atoms with van der Waals surface area (Å²) in [5.41, 5.74) is 1.70. The third kappa shape index (κ3) is 4.01. The fourth-order valence-corrected chi connectivity index (χ4v) is 2.12. The molecule has 0 saturated carbocycles. The van der Waals surface area contributed by atoms with Gasteiger partial charge in [0.2, 0.25) is 0 Å². The smallest absolute Gasteiger partial charge is 0.265 e. The predicted octanol–water partition coefficient (Wildman–Crippen LogP) is 3.80. The van der Waals surface area contributed by atoms with Gasteiger partial charge in [-0.2, -0.15) is 0 Å². The van der Waals surface area contributed by atoms with E-state index in [9.17, 15) is 4.79 Å². The van der Waals surface area contributed by atoms with Crippen molar-refractivity contribution in [2.24, 2.45) is 0 Å². The van der Waals surface area contributed by atoms with E-state index in [0.29, 0.717) is 23.6 Å². The molecule has 0 radical (unpaired) electrons. The van der Waals surface area contributed by atoms with E-state index in [2.05, 4.69) is 5.32 Å². The molecule has 0 saturated heterocycles. The molecule has 0 aliphatic heterocycles. The van der Waals surface area contributed by atoms with Gasteiger partial charge in [-0.1, -0.05) is 31.2 Å². The van der Waals surface area contributed by atoms with Crippen LogP contribution in [0.1, 0.15) is 18.9 Å². The molecule has 4 nitrogen and oxygen atoms in total. The normalized spacial score (nSPS) is 11.6. The van der Waals surface area contributed by atoms with E-state index in [0.717, 1.165) is 5.56 Å². The largest absolute Gasteiger partial charge is 0.495 e. The van der Waals surface area contributed by atoms with Crippen molar-refractivity contribution in [2.75, 3.05) is 12.4 Å². The minimum Gasteiger partial charge on any atom is -0.495 e. The first-order valence-electron chi connectivity index (χ1n) is 7.31. The minimum absolute atomic E-state index is 0.185. The third-order valence-corrected chi connectivity index (χ3v) is 3.30. The summed E-state index contributed by atoms with van der Waals surface area (Å²) in [4.78, 5) is 12.4. The van der Waals surface area contributed by atoms with Gasteiger partial charge in [0.25, 0.3) is 5.91 Å². The first kappa shape index (κ1) is 15.9. The molecule has 2 rings (SSSR count). The Balaban J connectivity index is 2.11. The van der Waals surface area contributed by atoms with Gasteiger partial charge in [-0.15, -0.1) is 0 Å². The van der Waals surface area contributed by atoms with Crippen molar-refractivity contribution in [1.29, 1.82) is 0 Å². The Morgan fingerprint density at radius 2 is 1.91 bits per heavy atom. The third-order valence-electron chi connectivity index (χ3n) is 3.30. The van der Waals surface area contributed by atoms with E-state index in [1.807, 2.05) is 62.4 Å². The van der Waals surface area contributed by atoms with Crippen LogP contribution in [0.3, 0.4) is 0 Å². The Hall–Kier alpha value is -2.49. The highest BCUT2D eigenvalue weighted by Crippen LogP contribution is 2.25.